The molecule has 1 N–H and O–H groups in total. The van der Waals surface area contributed by atoms with Crippen LogP contribution >= 0.6 is 0 Å². The molecule has 0 aromatic heterocycles. The molecule has 0 aliphatic rings. The van der Waals surface area contributed by atoms with Gasteiger partial charge in [-0.05, 0) is 30.0 Å². The van der Waals surface area contributed by atoms with E-state index in [-0.39, 0.29) is 11.2 Å². The fraction of sp³-hybridized carbons (Fsp3) is 0.385. The first-order valence-electron chi connectivity index (χ1n) is 5.22. The summed E-state index contributed by atoms with van der Waals surface area (Å²) in [5.41, 5.74) is 2.20. The molecule has 0 aliphatic carbocycles. The van der Waals surface area contributed by atoms with E-state index in [0.717, 1.165) is 5.56 Å². The minimum atomic E-state index is -0.0511. The maximum atomic E-state index is 11.3. The Kier molecular flexibility index (Phi) is 3.48. The van der Waals surface area contributed by atoms with Crippen LogP contribution in [0.25, 0.3) is 0 Å². The Morgan fingerprint density at radius 1 is 1.31 bits per heavy atom. The summed E-state index contributed by atoms with van der Waals surface area (Å²) >= 11 is 0. The lowest BCUT2D eigenvalue weighted by atomic mass is 9.86. The van der Waals surface area contributed by atoms with E-state index in [2.05, 4.69) is 26.1 Å². The molecule has 0 saturated heterocycles. The summed E-state index contributed by atoms with van der Waals surface area (Å²) in [6, 6.07) is 5.53. The second-order valence-corrected chi connectivity index (χ2v) is 4.83. The van der Waals surface area contributed by atoms with Gasteiger partial charge in [0.05, 0.1) is 5.69 Å². The molecule has 86 valence electrons. The Balaban J connectivity index is 3.27. The summed E-state index contributed by atoms with van der Waals surface area (Å²) < 4.78 is 0. The summed E-state index contributed by atoms with van der Waals surface area (Å²) in [7, 11) is 0. The van der Waals surface area contributed by atoms with Crippen molar-refractivity contribution in [2.45, 2.75) is 33.1 Å². The van der Waals surface area contributed by atoms with Crippen LogP contribution < -0.4 is 5.32 Å². The van der Waals surface area contributed by atoms with E-state index in [9.17, 15) is 9.59 Å². The fourth-order valence-electron chi connectivity index (χ4n) is 1.50. The normalized spacial score (nSPS) is 11.0. The number of nitrogens with one attached hydrogen (secondary N) is 1. The number of Topliss-reactive ketones (excluding diaryl/α,β-unsaturated/α-hetero) is 1. The first kappa shape index (κ1) is 12.4. The minimum Gasteiger partial charge on any atom is -0.328 e. The van der Waals surface area contributed by atoms with Gasteiger partial charge in [-0.1, -0.05) is 26.8 Å². The number of anilines is 1. The molecular formula is C13H17NO2. The van der Waals surface area contributed by atoms with Gasteiger partial charge in [-0.15, -0.1) is 0 Å². The van der Waals surface area contributed by atoms with Crippen LogP contribution in [-0.2, 0) is 10.2 Å². The van der Waals surface area contributed by atoms with E-state index >= 15 is 0 Å². The van der Waals surface area contributed by atoms with Crippen molar-refractivity contribution in [2.75, 3.05) is 5.32 Å². The van der Waals surface area contributed by atoms with Crippen molar-refractivity contribution in [1.82, 2.24) is 0 Å². The molecule has 1 aromatic carbocycles. The van der Waals surface area contributed by atoms with Crippen LogP contribution in [-0.4, -0.2) is 12.2 Å². The molecule has 0 fully saturated rings. The topological polar surface area (TPSA) is 46.2 Å². The molecule has 0 bridgehead atoms. The highest BCUT2D eigenvalue weighted by Gasteiger charge is 2.16. The number of ketones is 1. The Morgan fingerprint density at radius 2 is 1.94 bits per heavy atom. The lowest BCUT2D eigenvalue weighted by molar-refractivity contribution is -0.105. The Hall–Kier alpha value is -1.64. The van der Waals surface area contributed by atoms with Crippen LogP contribution in [0.5, 0.6) is 0 Å². The standard InChI is InChI=1S/C13H17NO2/c1-9(16)11-6-5-10(13(2,3)4)7-12(11)14-8-15/h5-8H,1-4H3,(H,14,15). The molecule has 0 aliphatic heterocycles. The number of carbonyl (C=O) groups excluding carboxylic acids is 2. The van der Waals surface area contributed by atoms with Gasteiger partial charge in [-0.2, -0.15) is 0 Å². The number of amides is 1. The van der Waals surface area contributed by atoms with Gasteiger partial charge in [0.2, 0.25) is 6.41 Å². The molecule has 0 unspecified atom stereocenters. The number of carbonyl (C=O) groups is 2. The highest BCUT2D eigenvalue weighted by atomic mass is 16.1. The molecule has 1 aromatic rings. The monoisotopic (exact) mass is 219 g/mol. The smallest absolute Gasteiger partial charge is 0.211 e. The number of hydrogen-bond acceptors (Lipinski definition) is 2. The highest BCUT2D eigenvalue weighted by Crippen LogP contribution is 2.27. The molecule has 3 heteroatoms. The SMILES string of the molecule is CC(=O)c1ccc(C(C)(C)C)cc1NC=O. The molecule has 0 heterocycles. The average Bonchev–Trinajstić information content (AvgIpc) is 2.16. The zero-order chi connectivity index (χ0) is 12.3. The zero-order valence-corrected chi connectivity index (χ0v) is 10.1. The average molecular weight is 219 g/mol. The first-order valence-corrected chi connectivity index (χ1v) is 5.22. The van der Waals surface area contributed by atoms with E-state index in [4.69, 9.17) is 0 Å². The van der Waals surface area contributed by atoms with E-state index in [1.54, 1.807) is 6.07 Å². The van der Waals surface area contributed by atoms with Gasteiger partial charge in [-0.3, -0.25) is 9.59 Å². The van der Waals surface area contributed by atoms with Gasteiger partial charge in [0.25, 0.3) is 0 Å². The molecular weight excluding hydrogens is 202 g/mol. The summed E-state index contributed by atoms with van der Waals surface area (Å²) in [4.78, 5) is 21.8. The number of rotatable bonds is 3. The van der Waals surface area contributed by atoms with Gasteiger partial charge < -0.3 is 5.32 Å². The first-order chi connectivity index (χ1) is 7.36. The van der Waals surface area contributed by atoms with Crippen LogP contribution in [0.3, 0.4) is 0 Å². The third-order valence-corrected chi connectivity index (χ3v) is 2.48. The Labute approximate surface area is 95.9 Å². The summed E-state index contributed by atoms with van der Waals surface area (Å²) in [5, 5.41) is 2.57. The number of benzene rings is 1. The van der Waals surface area contributed by atoms with Gasteiger partial charge in [0.1, 0.15) is 0 Å². The van der Waals surface area contributed by atoms with Gasteiger partial charge >= 0.3 is 0 Å². The van der Waals surface area contributed by atoms with Crippen molar-refractivity contribution in [3.63, 3.8) is 0 Å². The fourth-order valence-corrected chi connectivity index (χ4v) is 1.50. The zero-order valence-electron chi connectivity index (χ0n) is 10.1. The van der Waals surface area contributed by atoms with Crippen molar-refractivity contribution in [3.8, 4) is 0 Å². The number of hydrogen-bond donors (Lipinski definition) is 1. The van der Waals surface area contributed by atoms with Crippen LogP contribution in [0.2, 0.25) is 0 Å². The minimum absolute atomic E-state index is 0.00532. The van der Waals surface area contributed by atoms with E-state index in [0.29, 0.717) is 17.7 Å². The van der Waals surface area contributed by atoms with Crippen LogP contribution in [0.1, 0.15) is 43.6 Å². The van der Waals surface area contributed by atoms with Crippen LogP contribution in [0.4, 0.5) is 5.69 Å². The van der Waals surface area contributed by atoms with Crippen molar-refractivity contribution in [3.05, 3.63) is 29.3 Å². The van der Waals surface area contributed by atoms with Crippen LogP contribution in [0.15, 0.2) is 18.2 Å². The Morgan fingerprint density at radius 3 is 2.38 bits per heavy atom. The summed E-state index contributed by atoms with van der Waals surface area (Å²) in [6.07, 6.45) is 0.591. The van der Waals surface area contributed by atoms with Crippen molar-refractivity contribution in [2.24, 2.45) is 0 Å². The molecule has 0 radical (unpaired) electrons. The molecule has 1 rings (SSSR count). The van der Waals surface area contributed by atoms with Crippen LogP contribution in [0, 0.1) is 0 Å². The van der Waals surface area contributed by atoms with Crippen molar-refractivity contribution >= 4 is 17.9 Å². The maximum absolute atomic E-state index is 11.3. The highest BCUT2D eigenvalue weighted by molar-refractivity contribution is 6.01. The third-order valence-electron chi connectivity index (χ3n) is 2.48. The molecule has 0 saturated carbocycles. The third kappa shape index (κ3) is 2.69. The van der Waals surface area contributed by atoms with E-state index < -0.39 is 0 Å². The van der Waals surface area contributed by atoms with Gasteiger partial charge in [-0.25, -0.2) is 0 Å². The second kappa shape index (κ2) is 4.47. The predicted molar refractivity (Wildman–Crippen MR) is 64.8 cm³/mol. The van der Waals surface area contributed by atoms with Gasteiger partial charge in [0, 0.05) is 5.56 Å². The summed E-state index contributed by atoms with van der Waals surface area (Å²) in [6.45, 7) is 7.74. The molecule has 16 heavy (non-hydrogen) atoms. The van der Waals surface area contributed by atoms with E-state index in [1.807, 2.05) is 12.1 Å². The molecule has 3 nitrogen and oxygen atoms in total. The lowest BCUT2D eigenvalue weighted by Gasteiger charge is -2.20. The van der Waals surface area contributed by atoms with Gasteiger partial charge in [0.15, 0.2) is 5.78 Å². The molecule has 0 spiro atoms. The Bertz CT molecular complexity index is 416. The quantitative estimate of drug-likeness (QED) is 0.627. The second-order valence-electron chi connectivity index (χ2n) is 4.83. The maximum Gasteiger partial charge on any atom is 0.211 e. The van der Waals surface area contributed by atoms with Crippen molar-refractivity contribution < 1.29 is 9.59 Å². The predicted octanol–water partition coefficient (Wildman–Crippen LogP) is 2.76. The summed E-state index contributed by atoms with van der Waals surface area (Å²) in [5.74, 6) is -0.0511. The van der Waals surface area contributed by atoms with Crippen molar-refractivity contribution in [1.29, 1.82) is 0 Å². The lowest BCUT2D eigenvalue weighted by Crippen LogP contribution is -2.13. The molecule has 0 atom stereocenters. The van der Waals surface area contributed by atoms with E-state index in [1.165, 1.54) is 6.92 Å². The molecule has 1 amide bonds. The largest absolute Gasteiger partial charge is 0.328 e.